The molecule has 2 unspecified atom stereocenters. The second-order valence-electron chi connectivity index (χ2n) is 6.88. The van der Waals surface area contributed by atoms with Gasteiger partial charge in [0.25, 0.3) is 0 Å². The third kappa shape index (κ3) is 3.08. The first-order valence-electron chi connectivity index (χ1n) is 7.99. The van der Waals surface area contributed by atoms with Crippen molar-refractivity contribution in [3.63, 3.8) is 0 Å². The average Bonchev–Trinajstić information content (AvgIpc) is 3.11. The summed E-state index contributed by atoms with van der Waals surface area (Å²) >= 11 is 0. The lowest BCUT2D eigenvalue weighted by Gasteiger charge is -2.23. The van der Waals surface area contributed by atoms with Crippen molar-refractivity contribution >= 4 is 23.5 Å². The lowest BCUT2D eigenvalue weighted by molar-refractivity contribution is -0.147. The summed E-state index contributed by atoms with van der Waals surface area (Å²) in [6, 6.07) is 2.92. The number of anilines is 1. The summed E-state index contributed by atoms with van der Waals surface area (Å²) in [4.78, 5) is 38.7. The highest BCUT2D eigenvalue weighted by Crippen LogP contribution is 2.34. The molecular formula is C17H18F2N2O4. The summed E-state index contributed by atoms with van der Waals surface area (Å²) in [5.74, 6) is -3.94. The summed E-state index contributed by atoms with van der Waals surface area (Å²) in [6.07, 6.45) is 0.279. The van der Waals surface area contributed by atoms with Gasteiger partial charge in [-0.15, -0.1) is 0 Å². The molecule has 2 heterocycles. The van der Waals surface area contributed by atoms with E-state index in [1.165, 1.54) is 11.0 Å². The van der Waals surface area contributed by atoms with Gasteiger partial charge in [0.1, 0.15) is 11.6 Å². The Hall–Kier alpha value is -2.51. The number of carboxylic acid groups (broad SMARTS) is 1. The third-order valence-corrected chi connectivity index (χ3v) is 4.98. The van der Waals surface area contributed by atoms with E-state index in [2.05, 4.69) is 0 Å². The smallest absolute Gasteiger partial charge is 0.311 e. The molecule has 0 aromatic heterocycles. The van der Waals surface area contributed by atoms with E-state index in [1.54, 1.807) is 6.92 Å². The fraction of sp³-hybridized carbons (Fsp3) is 0.471. The number of hydrogen-bond donors (Lipinski definition) is 1. The quantitative estimate of drug-likeness (QED) is 0.897. The van der Waals surface area contributed by atoms with Crippen molar-refractivity contribution < 1.29 is 28.3 Å². The van der Waals surface area contributed by atoms with Crippen LogP contribution in [0.4, 0.5) is 14.5 Å². The largest absolute Gasteiger partial charge is 0.481 e. The fourth-order valence-electron chi connectivity index (χ4n) is 3.39. The van der Waals surface area contributed by atoms with Crippen LogP contribution < -0.4 is 4.90 Å². The van der Waals surface area contributed by atoms with Gasteiger partial charge < -0.3 is 14.9 Å². The first-order chi connectivity index (χ1) is 11.7. The number of aliphatic carboxylic acids is 1. The van der Waals surface area contributed by atoms with Crippen LogP contribution in [-0.4, -0.2) is 47.4 Å². The van der Waals surface area contributed by atoms with Gasteiger partial charge in [-0.1, -0.05) is 0 Å². The molecule has 2 amide bonds. The second-order valence-corrected chi connectivity index (χ2v) is 6.88. The van der Waals surface area contributed by atoms with Gasteiger partial charge in [-0.2, -0.15) is 0 Å². The van der Waals surface area contributed by atoms with Crippen LogP contribution >= 0.6 is 0 Å². The van der Waals surface area contributed by atoms with E-state index < -0.39 is 34.8 Å². The maximum atomic E-state index is 13.9. The Morgan fingerprint density at radius 3 is 2.64 bits per heavy atom. The van der Waals surface area contributed by atoms with Crippen LogP contribution in [0.5, 0.6) is 0 Å². The van der Waals surface area contributed by atoms with Gasteiger partial charge in [0.2, 0.25) is 11.8 Å². The average molecular weight is 352 g/mol. The van der Waals surface area contributed by atoms with Crippen LogP contribution in [0.2, 0.25) is 0 Å². The minimum Gasteiger partial charge on any atom is -0.481 e. The van der Waals surface area contributed by atoms with Gasteiger partial charge >= 0.3 is 5.97 Å². The molecule has 25 heavy (non-hydrogen) atoms. The molecule has 2 atom stereocenters. The van der Waals surface area contributed by atoms with E-state index in [-0.39, 0.29) is 31.1 Å². The van der Waals surface area contributed by atoms with Gasteiger partial charge in [0.05, 0.1) is 17.0 Å². The van der Waals surface area contributed by atoms with Crippen LogP contribution in [0.1, 0.15) is 19.8 Å². The maximum absolute atomic E-state index is 13.9. The number of rotatable bonds is 3. The van der Waals surface area contributed by atoms with Crippen LogP contribution in [0, 0.1) is 23.0 Å². The monoisotopic (exact) mass is 352 g/mol. The maximum Gasteiger partial charge on any atom is 0.311 e. The molecule has 2 aliphatic rings. The Labute approximate surface area is 143 Å². The highest BCUT2D eigenvalue weighted by Gasteiger charge is 2.45. The number of hydrogen-bond acceptors (Lipinski definition) is 3. The Balaban J connectivity index is 1.72. The number of carboxylic acids is 1. The van der Waals surface area contributed by atoms with Gasteiger partial charge in [-0.05, 0) is 25.5 Å². The summed E-state index contributed by atoms with van der Waals surface area (Å²) < 4.78 is 26.9. The molecule has 1 aromatic carbocycles. The normalized spacial score (nSPS) is 26.4. The number of halogens is 2. The SMILES string of the molecule is CC1(C(=O)O)CCN(C(=O)C2CC(=O)N(c3ccc(F)cc3F)C2)C1. The van der Waals surface area contributed by atoms with Crippen molar-refractivity contribution in [2.24, 2.45) is 11.3 Å². The Morgan fingerprint density at radius 2 is 2.04 bits per heavy atom. The Morgan fingerprint density at radius 1 is 1.32 bits per heavy atom. The molecule has 0 bridgehead atoms. The first-order valence-corrected chi connectivity index (χ1v) is 7.99. The summed E-state index contributed by atoms with van der Waals surface area (Å²) in [5.41, 5.74) is -1.04. The van der Waals surface area contributed by atoms with E-state index in [1.807, 2.05) is 0 Å². The van der Waals surface area contributed by atoms with E-state index >= 15 is 0 Å². The number of nitrogens with zero attached hydrogens (tertiary/aromatic N) is 2. The third-order valence-electron chi connectivity index (χ3n) is 4.98. The predicted molar refractivity (Wildman–Crippen MR) is 83.8 cm³/mol. The van der Waals surface area contributed by atoms with Gasteiger partial charge in [-0.25, -0.2) is 8.78 Å². The van der Waals surface area contributed by atoms with Crippen molar-refractivity contribution in [2.75, 3.05) is 24.5 Å². The fourth-order valence-corrected chi connectivity index (χ4v) is 3.39. The topological polar surface area (TPSA) is 77.9 Å². The molecule has 1 N–H and O–H groups in total. The minimum atomic E-state index is -0.985. The molecule has 2 fully saturated rings. The number of amides is 2. The predicted octanol–water partition coefficient (Wildman–Crippen LogP) is 1.64. The Bertz CT molecular complexity index is 754. The van der Waals surface area contributed by atoms with Crippen molar-refractivity contribution in [1.82, 2.24) is 4.90 Å². The molecule has 2 aliphatic heterocycles. The number of benzene rings is 1. The van der Waals surface area contributed by atoms with Crippen molar-refractivity contribution in [3.05, 3.63) is 29.8 Å². The highest BCUT2D eigenvalue weighted by molar-refractivity contribution is 6.00. The van der Waals surface area contributed by atoms with E-state index in [0.29, 0.717) is 19.0 Å². The van der Waals surface area contributed by atoms with Gasteiger partial charge in [0, 0.05) is 32.1 Å². The van der Waals surface area contributed by atoms with Crippen LogP contribution in [0.3, 0.4) is 0 Å². The zero-order valence-electron chi connectivity index (χ0n) is 13.7. The summed E-state index contributed by atoms with van der Waals surface area (Å²) in [5, 5.41) is 9.25. The molecule has 6 nitrogen and oxygen atoms in total. The first kappa shape index (κ1) is 17.3. The minimum absolute atomic E-state index is 0.000501. The molecule has 3 rings (SSSR count). The van der Waals surface area contributed by atoms with E-state index in [9.17, 15) is 28.3 Å². The van der Waals surface area contributed by atoms with E-state index in [0.717, 1.165) is 11.0 Å². The molecule has 0 radical (unpaired) electrons. The molecule has 134 valence electrons. The van der Waals surface area contributed by atoms with Gasteiger partial charge in [-0.3, -0.25) is 14.4 Å². The number of carbonyl (C=O) groups is 3. The van der Waals surface area contributed by atoms with Gasteiger partial charge in [0.15, 0.2) is 0 Å². The number of likely N-dealkylation sites (tertiary alicyclic amines) is 1. The zero-order valence-corrected chi connectivity index (χ0v) is 13.7. The van der Waals surface area contributed by atoms with Crippen LogP contribution in [0.15, 0.2) is 18.2 Å². The molecule has 0 saturated carbocycles. The molecule has 0 aliphatic carbocycles. The summed E-state index contributed by atoms with van der Waals surface area (Å²) in [6.45, 7) is 2.00. The molecule has 8 heteroatoms. The molecule has 2 saturated heterocycles. The van der Waals surface area contributed by atoms with Crippen LogP contribution in [-0.2, 0) is 14.4 Å². The van der Waals surface area contributed by atoms with Crippen LogP contribution in [0.25, 0.3) is 0 Å². The lowest BCUT2D eigenvalue weighted by Crippen LogP contribution is -2.39. The van der Waals surface area contributed by atoms with Crippen molar-refractivity contribution in [3.8, 4) is 0 Å². The molecule has 0 spiro atoms. The Kier molecular flexibility index (Phi) is 4.22. The lowest BCUT2D eigenvalue weighted by atomic mass is 9.90. The number of carbonyl (C=O) groups excluding carboxylic acids is 2. The van der Waals surface area contributed by atoms with Crippen molar-refractivity contribution in [2.45, 2.75) is 19.8 Å². The standard InChI is InChI=1S/C17H18F2N2O4/c1-17(16(24)25)4-5-20(9-17)15(23)10-6-14(22)21(8-10)13-3-2-11(18)7-12(13)19/h2-3,7,10H,4-6,8-9H2,1H3,(H,24,25). The molecular weight excluding hydrogens is 334 g/mol. The van der Waals surface area contributed by atoms with Crippen molar-refractivity contribution in [1.29, 1.82) is 0 Å². The zero-order chi connectivity index (χ0) is 18.4. The second kappa shape index (κ2) is 6.09. The van der Waals surface area contributed by atoms with E-state index in [4.69, 9.17) is 0 Å². The molecule has 1 aromatic rings. The summed E-state index contributed by atoms with van der Waals surface area (Å²) in [7, 11) is 0. The highest BCUT2D eigenvalue weighted by atomic mass is 19.1.